The van der Waals surface area contributed by atoms with E-state index in [1.54, 1.807) is 12.1 Å². The van der Waals surface area contributed by atoms with Crippen LogP contribution < -0.4 is 0 Å². The summed E-state index contributed by atoms with van der Waals surface area (Å²) in [5.41, 5.74) is 0.590. The largest absolute Gasteiger partial charge is 0.289 e. The number of nitro benzene ring substituents is 1. The number of fused-ring (bicyclic) bond motifs is 2. The molecule has 0 saturated heterocycles. The van der Waals surface area contributed by atoms with Gasteiger partial charge in [0.05, 0.1) is 4.92 Å². The van der Waals surface area contributed by atoms with Gasteiger partial charge in [-0.25, -0.2) is 0 Å². The summed E-state index contributed by atoms with van der Waals surface area (Å²) in [5.74, 6) is -0.488. The lowest BCUT2D eigenvalue weighted by Gasteiger charge is -2.10. The first-order valence-electron chi connectivity index (χ1n) is 5.55. The molecular formula is C14H7NO4. The van der Waals surface area contributed by atoms with Gasteiger partial charge in [0.25, 0.3) is 5.69 Å². The standard InChI is InChI=1S/C14H7NO4/c16-13-3-4-14(17)12-7-9-5-10(15(18)19)2-1-8(9)6-11(12)13/h1-7H. The molecule has 0 bridgehead atoms. The van der Waals surface area contributed by atoms with Gasteiger partial charge in [-0.05, 0) is 41.1 Å². The number of carbonyl (C=O) groups is 2. The van der Waals surface area contributed by atoms with Gasteiger partial charge in [-0.2, -0.15) is 0 Å². The SMILES string of the molecule is O=C1C=CC(=O)c2cc3cc([N+](=O)[O-])ccc3cc21. The van der Waals surface area contributed by atoms with Gasteiger partial charge < -0.3 is 0 Å². The summed E-state index contributed by atoms with van der Waals surface area (Å²) in [4.78, 5) is 33.7. The predicted octanol–water partition coefficient (Wildman–Crippen LogP) is 2.68. The van der Waals surface area contributed by atoms with E-state index in [0.29, 0.717) is 21.9 Å². The fourth-order valence-electron chi connectivity index (χ4n) is 2.14. The highest BCUT2D eigenvalue weighted by Crippen LogP contribution is 2.27. The molecule has 0 spiro atoms. The van der Waals surface area contributed by atoms with E-state index in [-0.39, 0.29) is 17.3 Å². The molecule has 5 nitrogen and oxygen atoms in total. The van der Waals surface area contributed by atoms with Crippen molar-refractivity contribution >= 4 is 28.0 Å². The lowest BCUT2D eigenvalue weighted by molar-refractivity contribution is -0.384. The van der Waals surface area contributed by atoms with E-state index in [0.717, 1.165) is 0 Å². The Bertz CT molecular complexity index is 789. The van der Waals surface area contributed by atoms with Crippen molar-refractivity contribution in [2.75, 3.05) is 0 Å². The van der Waals surface area contributed by atoms with Gasteiger partial charge in [0.1, 0.15) is 0 Å². The quantitative estimate of drug-likeness (QED) is 0.578. The van der Waals surface area contributed by atoms with Crippen LogP contribution in [0.1, 0.15) is 20.7 Å². The van der Waals surface area contributed by atoms with Crippen molar-refractivity contribution in [2.45, 2.75) is 0 Å². The Morgan fingerprint density at radius 3 is 2.00 bits per heavy atom. The van der Waals surface area contributed by atoms with Crippen LogP contribution in [0.25, 0.3) is 10.8 Å². The zero-order valence-electron chi connectivity index (χ0n) is 9.62. The number of allylic oxidation sites excluding steroid dienone is 2. The maximum Gasteiger partial charge on any atom is 0.270 e. The summed E-state index contributed by atoms with van der Waals surface area (Å²) >= 11 is 0. The van der Waals surface area contributed by atoms with Gasteiger partial charge in [-0.1, -0.05) is 0 Å². The van der Waals surface area contributed by atoms with Gasteiger partial charge in [0, 0.05) is 23.3 Å². The first kappa shape index (κ1) is 11.3. The second-order valence-electron chi connectivity index (χ2n) is 4.25. The zero-order chi connectivity index (χ0) is 13.6. The lowest BCUT2D eigenvalue weighted by Crippen LogP contribution is -2.11. The first-order valence-corrected chi connectivity index (χ1v) is 5.55. The monoisotopic (exact) mass is 253 g/mol. The minimum atomic E-state index is -0.494. The number of carbonyl (C=O) groups excluding carboxylic acids is 2. The molecule has 19 heavy (non-hydrogen) atoms. The number of ketones is 2. The lowest BCUT2D eigenvalue weighted by atomic mass is 9.91. The zero-order valence-corrected chi connectivity index (χ0v) is 9.62. The second-order valence-corrected chi connectivity index (χ2v) is 4.25. The van der Waals surface area contributed by atoms with Crippen LogP contribution in [0, 0.1) is 10.1 Å². The fourth-order valence-corrected chi connectivity index (χ4v) is 2.14. The summed E-state index contributed by atoms with van der Waals surface area (Å²) in [5, 5.41) is 12.0. The van der Waals surface area contributed by atoms with Crippen molar-refractivity contribution in [3.05, 3.63) is 63.7 Å². The average Bonchev–Trinajstić information content (AvgIpc) is 2.41. The molecular weight excluding hydrogens is 246 g/mol. The van der Waals surface area contributed by atoms with Crippen LogP contribution in [0.5, 0.6) is 0 Å². The highest BCUT2D eigenvalue weighted by molar-refractivity contribution is 6.23. The Morgan fingerprint density at radius 2 is 1.42 bits per heavy atom. The molecule has 1 aliphatic rings. The van der Waals surface area contributed by atoms with E-state index >= 15 is 0 Å². The van der Waals surface area contributed by atoms with Gasteiger partial charge >= 0.3 is 0 Å². The van der Waals surface area contributed by atoms with E-state index in [1.165, 1.54) is 30.4 Å². The number of rotatable bonds is 1. The number of nitro groups is 1. The van der Waals surface area contributed by atoms with Crippen molar-refractivity contribution in [2.24, 2.45) is 0 Å². The van der Waals surface area contributed by atoms with Crippen molar-refractivity contribution in [3.63, 3.8) is 0 Å². The third-order valence-electron chi connectivity index (χ3n) is 3.09. The minimum absolute atomic E-state index is 0.0439. The number of hydrogen-bond donors (Lipinski definition) is 0. The van der Waals surface area contributed by atoms with Crippen LogP contribution in [-0.4, -0.2) is 16.5 Å². The Labute approximate surface area is 107 Å². The number of benzene rings is 2. The van der Waals surface area contributed by atoms with Crippen LogP contribution in [0.2, 0.25) is 0 Å². The summed E-state index contributed by atoms with van der Waals surface area (Å²) < 4.78 is 0. The smallest absolute Gasteiger partial charge is 0.270 e. The van der Waals surface area contributed by atoms with E-state index in [2.05, 4.69) is 0 Å². The highest BCUT2D eigenvalue weighted by Gasteiger charge is 2.20. The van der Waals surface area contributed by atoms with Crippen LogP contribution in [0.15, 0.2) is 42.5 Å². The number of non-ortho nitro benzene ring substituents is 1. The molecule has 3 rings (SSSR count). The van der Waals surface area contributed by atoms with E-state index in [1.807, 2.05) is 0 Å². The average molecular weight is 253 g/mol. The molecule has 0 heterocycles. The molecule has 2 aromatic carbocycles. The fraction of sp³-hybridized carbons (Fsp3) is 0. The summed E-state index contributed by atoms with van der Waals surface area (Å²) in [7, 11) is 0. The summed E-state index contributed by atoms with van der Waals surface area (Å²) in [6, 6.07) is 7.47. The first-order chi connectivity index (χ1) is 9.06. The maximum absolute atomic E-state index is 11.7. The van der Waals surface area contributed by atoms with Crippen molar-refractivity contribution in [3.8, 4) is 0 Å². The van der Waals surface area contributed by atoms with Crippen molar-refractivity contribution < 1.29 is 14.5 Å². The van der Waals surface area contributed by atoms with Gasteiger partial charge in [-0.3, -0.25) is 19.7 Å². The minimum Gasteiger partial charge on any atom is -0.289 e. The van der Waals surface area contributed by atoms with Crippen molar-refractivity contribution in [1.82, 2.24) is 0 Å². The number of nitrogens with zero attached hydrogens (tertiary/aromatic N) is 1. The molecule has 0 aliphatic heterocycles. The molecule has 0 saturated carbocycles. The molecule has 0 fully saturated rings. The van der Waals surface area contributed by atoms with Crippen LogP contribution in [0.3, 0.4) is 0 Å². The molecule has 0 amide bonds. The molecule has 0 radical (unpaired) electrons. The summed E-state index contributed by atoms with van der Waals surface area (Å²) in [6.07, 6.45) is 2.45. The molecule has 2 aromatic rings. The third-order valence-corrected chi connectivity index (χ3v) is 3.09. The Morgan fingerprint density at radius 1 is 0.842 bits per heavy atom. The van der Waals surface area contributed by atoms with Crippen LogP contribution in [-0.2, 0) is 0 Å². The molecule has 0 atom stereocenters. The van der Waals surface area contributed by atoms with Gasteiger partial charge in [0.15, 0.2) is 11.6 Å². The summed E-state index contributed by atoms with van der Waals surface area (Å²) in [6.45, 7) is 0. The second kappa shape index (κ2) is 3.84. The van der Waals surface area contributed by atoms with E-state index < -0.39 is 4.92 Å². The Hall–Kier alpha value is -2.82. The Kier molecular flexibility index (Phi) is 2.28. The van der Waals surface area contributed by atoms with E-state index in [9.17, 15) is 19.7 Å². The normalized spacial score (nSPS) is 13.7. The van der Waals surface area contributed by atoms with Gasteiger partial charge in [-0.15, -0.1) is 0 Å². The topological polar surface area (TPSA) is 77.3 Å². The van der Waals surface area contributed by atoms with Crippen molar-refractivity contribution in [1.29, 1.82) is 0 Å². The predicted molar refractivity (Wildman–Crippen MR) is 68.4 cm³/mol. The van der Waals surface area contributed by atoms with Crippen LogP contribution >= 0.6 is 0 Å². The third kappa shape index (κ3) is 1.72. The highest BCUT2D eigenvalue weighted by atomic mass is 16.6. The molecule has 0 aromatic heterocycles. The Balaban J connectivity index is 2.31. The molecule has 0 unspecified atom stereocenters. The molecule has 92 valence electrons. The molecule has 1 aliphatic carbocycles. The molecule has 5 heteroatoms. The van der Waals surface area contributed by atoms with E-state index in [4.69, 9.17) is 0 Å². The van der Waals surface area contributed by atoms with Crippen LogP contribution in [0.4, 0.5) is 5.69 Å². The van der Waals surface area contributed by atoms with Gasteiger partial charge in [0.2, 0.25) is 0 Å². The maximum atomic E-state index is 11.7. The molecule has 0 N–H and O–H groups in total. The number of hydrogen-bond acceptors (Lipinski definition) is 4.